The number of likely N-dealkylation sites (tertiary alicyclic amines) is 1. The molecule has 2 aliphatic rings. The summed E-state index contributed by atoms with van der Waals surface area (Å²) in [5.41, 5.74) is -0.672. The molecule has 1 aliphatic heterocycles. The van der Waals surface area contributed by atoms with Crippen LogP contribution in [0.1, 0.15) is 45.4 Å². The summed E-state index contributed by atoms with van der Waals surface area (Å²) in [4.78, 5) is 25.3. The van der Waals surface area contributed by atoms with E-state index in [1.807, 2.05) is 6.92 Å². The normalized spacial score (nSPS) is 29.1. The molecule has 0 bridgehead atoms. The molecule has 1 saturated carbocycles. The molecule has 0 spiro atoms. The first-order valence-corrected chi connectivity index (χ1v) is 6.61. The lowest BCUT2D eigenvalue weighted by Gasteiger charge is -2.30. The van der Waals surface area contributed by atoms with Crippen molar-refractivity contribution < 1.29 is 14.7 Å². The molecule has 2 rings (SSSR count). The lowest BCUT2D eigenvalue weighted by molar-refractivity contribution is -0.149. The van der Waals surface area contributed by atoms with Crippen LogP contribution in [0.5, 0.6) is 0 Å². The Morgan fingerprint density at radius 3 is 2.59 bits per heavy atom. The minimum atomic E-state index is -0.733. The van der Waals surface area contributed by atoms with E-state index in [0.29, 0.717) is 25.9 Å². The average molecular weight is 239 g/mol. The van der Waals surface area contributed by atoms with E-state index in [1.54, 1.807) is 4.90 Å². The fraction of sp³-hybridized carbons (Fsp3) is 0.846. The van der Waals surface area contributed by atoms with Crippen LogP contribution in [0.2, 0.25) is 0 Å². The molecule has 0 radical (unpaired) electrons. The zero-order chi connectivity index (χ0) is 12.5. The molecule has 4 nitrogen and oxygen atoms in total. The van der Waals surface area contributed by atoms with Gasteiger partial charge in [0.15, 0.2) is 0 Å². The second-order valence-electron chi connectivity index (χ2n) is 5.47. The summed E-state index contributed by atoms with van der Waals surface area (Å²) < 4.78 is 0. The van der Waals surface area contributed by atoms with Gasteiger partial charge in [-0.2, -0.15) is 0 Å². The molecule has 1 amide bonds. The Morgan fingerprint density at radius 2 is 2.12 bits per heavy atom. The number of nitrogens with zero attached hydrogens (tertiary/aromatic N) is 1. The number of aliphatic carboxylic acids is 1. The number of hydrogen-bond acceptors (Lipinski definition) is 2. The van der Waals surface area contributed by atoms with Crippen LogP contribution >= 0.6 is 0 Å². The number of carbonyl (C=O) groups excluding carboxylic acids is 1. The molecular formula is C13H21NO3. The van der Waals surface area contributed by atoms with Crippen LogP contribution in [0.15, 0.2) is 0 Å². The molecule has 2 fully saturated rings. The highest BCUT2D eigenvalue weighted by molar-refractivity contribution is 5.82. The number of amides is 1. The summed E-state index contributed by atoms with van der Waals surface area (Å²) in [7, 11) is 0. The fourth-order valence-corrected chi connectivity index (χ4v) is 2.94. The Morgan fingerprint density at radius 1 is 1.41 bits per heavy atom. The van der Waals surface area contributed by atoms with E-state index in [4.69, 9.17) is 0 Å². The highest BCUT2D eigenvalue weighted by atomic mass is 16.4. The zero-order valence-corrected chi connectivity index (χ0v) is 10.4. The van der Waals surface area contributed by atoms with Gasteiger partial charge >= 0.3 is 5.97 Å². The van der Waals surface area contributed by atoms with E-state index in [0.717, 1.165) is 25.7 Å². The van der Waals surface area contributed by atoms with Gasteiger partial charge in [0.2, 0.25) is 5.91 Å². The number of rotatable bonds is 4. The standard InChI is InChI=1S/C13H21NO3/c1-2-6-13(12(16)17)7-8-14(9-13)11(15)10-4-3-5-10/h10H,2-9H2,1H3,(H,16,17). The summed E-state index contributed by atoms with van der Waals surface area (Å²) in [6.07, 6.45) is 5.28. The van der Waals surface area contributed by atoms with Gasteiger partial charge < -0.3 is 10.0 Å². The predicted molar refractivity (Wildman–Crippen MR) is 63.5 cm³/mol. The van der Waals surface area contributed by atoms with Gasteiger partial charge in [0.25, 0.3) is 0 Å². The van der Waals surface area contributed by atoms with Crippen LogP contribution < -0.4 is 0 Å². The lowest BCUT2D eigenvalue weighted by Crippen LogP contribution is -2.40. The number of hydrogen-bond donors (Lipinski definition) is 1. The van der Waals surface area contributed by atoms with E-state index >= 15 is 0 Å². The molecule has 17 heavy (non-hydrogen) atoms. The van der Waals surface area contributed by atoms with Crippen LogP contribution in [-0.2, 0) is 9.59 Å². The first-order valence-electron chi connectivity index (χ1n) is 6.61. The SMILES string of the molecule is CCCC1(C(=O)O)CCN(C(=O)C2CCC2)C1. The summed E-state index contributed by atoms with van der Waals surface area (Å²) in [6.45, 7) is 3.05. The molecule has 1 heterocycles. The summed E-state index contributed by atoms with van der Waals surface area (Å²) >= 11 is 0. The predicted octanol–water partition coefficient (Wildman–Crippen LogP) is 1.89. The summed E-state index contributed by atoms with van der Waals surface area (Å²) in [6, 6.07) is 0. The van der Waals surface area contributed by atoms with Crippen molar-refractivity contribution >= 4 is 11.9 Å². The first-order chi connectivity index (χ1) is 8.09. The molecule has 1 atom stereocenters. The molecule has 0 aromatic heterocycles. The molecule has 1 saturated heterocycles. The highest BCUT2D eigenvalue weighted by Crippen LogP contribution is 2.38. The molecule has 1 unspecified atom stereocenters. The topological polar surface area (TPSA) is 57.6 Å². The molecule has 0 aromatic rings. The zero-order valence-electron chi connectivity index (χ0n) is 10.4. The van der Waals surface area contributed by atoms with E-state index < -0.39 is 11.4 Å². The largest absolute Gasteiger partial charge is 0.481 e. The maximum absolute atomic E-state index is 12.1. The minimum absolute atomic E-state index is 0.182. The van der Waals surface area contributed by atoms with Gasteiger partial charge in [0, 0.05) is 19.0 Å². The van der Waals surface area contributed by atoms with Gasteiger partial charge in [-0.1, -0.05) is 19.8 Å². The first kappa shape index (κ1) is 12.4. The third kappa shape index (κ3) is 2.17. The van der Waals surface area contributed by atoms with E-state index in [9.17, 15) is 14.7 Å². The Labute approximate surface area is 102 Å². The van der Waals surface area contributed by atoms with Crippen LogP contribution in [0.4, 0.5) is 0 Å². The van der Waals surface area contributed by atoms with Crippen LogP contribution in [-0.4, -0.2) is 35.0 Å². The van der Waals surface area contributed by atoms with Crippen molar-refractivity contribution in [1.29, 1.82) is 0 Å². The van der Waals surface area contributed by atoms with Crippen molar-refractivity contribution in [2.24, 2.45) is 11.3 Å². The van der Waals surface area contributed by atoms with Crippen LogP contribution in [0.25, 0.3) is 0 Å². The van der Waals surface area contributed by atoms with Crippen LogP contribution in [0, 0.1) is 11.3 Å². The van der Waals surface area contributed by atoms with Crippen molar-refractivity contribution in [2.75, 3.05) is 13.1 Å². The molecule has 1 N–H and O–H groups in total. The fourth-order valence-electron chi connectivity index (χ4n) is 2.94. The highest BCUT2D eigenvalue weighted by Gasteiger charge is 2.46. The number of carboxylic acid groups (broad SMARTS) is 1. The van der Waals surface area contributed by atoms with E-state index in [1.165, 1.54) is 0 Å². The minimum Gasteiger partial charge on any atom is -0.481 e. The quantitative estimate of drug-likeness (QED) is 0.815. The monoisotopic (exact) mass is 239 g/mol. The lowest BCUT2D eigenvalue weighted by atomic mass is 9.82. The third-order valence-electron chi connectivity index (χ3n) is 4.30. The van der Waals surface area contributed by atoms with E-state index in [2.05, 4.69) is 0 Å². The van der Waals surface area contributed by atoms with Crippen LogP contribution in [0.3, 0.4) is 0 Å². The van der Waals surface area contributed by atoms with Crippen molar-refractivity contribution in [2.45, 2.75) is 45.4 Å². The summed E-state index contributed by atoms with van der Waals surface area (Å²) in [5, 5.41) is 9.37. The van der Waals surface area contributed by atoms with Gasteiger partial charge in [-0.3, -0.25) is 9.59 Å². The van der Waals surface area contributed by atoms with E-state index in [-0.39, 0.29) is 11.8 Å². The molecule has 0 aromatic carbocycles. The maximum Gasteiger partial charge on any atom is 0.311 e. The van der Waals surface area contributed by atoms with Crippen molar-refractivity contribution in [3.8, 4) is 0 Å². The smallest absolute Gasteiger partial charge is 0.311 e. The second kappa shape index (κ2) is 4.67. The number of carbonyl (C=O) groups is 2. The van der Waals surface area contributed by atoms with Gasteiger partial charge in [0.1, 0.15) is 0 Å². The molecule has 4 heteroatoms. The summed E-state index contributed by atoms with van der Waals surface area (Å²) in [5.74, 6) is -0.361. The van der Waals surface area contributed by atoms with Crippen molar-refractivity contribution in [1.82, 2.24) is 4.90 Å². The Bertz CT molecular complexity index is 325. The van der Waals surface area contributed by atoms with Crippen molar-refractivity contribution in [3.63, 3.8) is 0 Å². The maximum atomic E-state index is 12.1. The molecule has 96 valence electrons. The molecule has 1 aliphatic carbocycles. The number of carboxylic acids is 1. The van der Waals surface area contributed by atoms with Crippen molar-refractivity contribution in [3.05, 3.63) is 0 Å². The molecular weight excluding hydrogens is 218 g/mol. The Kier molecular flexibility index (Phi) is 3.40. The van der Waals surface area contributed by atoms with Gasteiger partial charge in [0.05, 0.1) is 5.41 Å². The Balaban J connectivity index is 2.01. The van der Waals surface area contributed by atoms with Gasteiger partial charge in [-0.15, -0.1) is 0 Å². The third-order valence-corrected chi connectivity index (χ3v) is 4.30. The second-order valence-corrected chi connectivity index (χ2v) is 5.47. The average Bonchev–Trinajstić information content (AvgIpc) is 2.61. The Hall–Kier alpha value is -1.06. The van der Waals surface area contributed by atoms with Gasteiger partial charge in [-0.25, -0.2) is 0 Å². The van der Waals surface area contributed by atoms with Gasteiger partial charge in [-0.05, 0) is 25.7 Å².